The SMILES string of the molecule is COc1ccc2ncc(CO)c([C@@H](O)CCC3(CO)CCN(CCNc4cc(F)cc(F)c4)CC3)c2c1. The van der Waals surface area contributed by atoms with Gasteiger partial charge in [0.15, 0.2) is 0 Å². The van der Waals surface area contributed by atoms with Gasteiger partial charge in [-0.25, -0.2) is 8.78 Å². The Morgan fingerprint density at radius 1 is 1.11 bits per heavy atom. The van der Waals surface area contributed by atoms with Crippen LogP contribution in [0.2, 0.25) is 0 Å². The van der Waals surface area contributed by atoms with Crippen molar-refractivity contribution in [2.24, 2.45) is 5.41 Å². The minimum absolute atomic E-state index is 0.0339. The Morgan fingerprint density at radius 2 is 1.84 bits per heavy atom. The molecule has 1 aromatic heterocycles. The highest BCUT2D eigenvalue weighted by Gasteiger charge is 2.34. The third kappa shape index (κ3) is 6.54. The summed E-state index contributed by atoms with van der Waals surface area (Å²) in [5.74, 6) is -0.574. The molecule has 2 aromatic carbocycles. The summed E-state index contributed by atoms with van der Waals surface area (Å²) in [6, 6.07) is 8.85. The van der Waals surface area contributed by atoms with E-state index in [2.05, 4.69) is 15.2 Å². The Hall–Kier alpha value is -2.85. The van der Waals surface area contributed by atoms with Gasteiger partial charge in [-0.1, -0.05) is 0 Å². The van der Waals surface area contributed by atoms with Crippen molar-refractivity contribution in [3.05, 3.63) is 65.4 Å². The van der Waals surface area contributed by atoms with Crippen LogP contribution < -0.4 is 10.1 Å². The normalized spacial score (nSPS) is 16.6. The van der Waals surface area contributed by atoms with Gasteiger partial charge in [-0.15, -0.1) is 0 Å². The first-order chi connectivity index (χ1) is 17.9. The lowest BCUT2D eigenvalue weighted by molar-refractivity contribution is 0.0246. The van der Waals surface area contributed by atoms with Crippen LogP contribution in [0.4, 0.5) is 14.5 Å². The second kappa shape index (κ2) is 12.1. The monoisotopic (exact) mass is 515 g/mol. The molecule has 1 aliphatic heterocycles. The third-order valence-electron chi connectivity index (χ3n) is 7.52. The largest absolute Gasteiger partial charge is 0.497 e. The van der Waals surface area contributed by atoms with E-state index in [9.17, 15) is 24.1 Å². The molecule has 9 heteroatoms. The number of likely N-dealkylation sites (tertiary alicyclic amines) is 1. The molecule has 7 nitrogen and oxygen atoms in total. The van der Waals surface area contributed by atoms with E-state index in [0.717, 1.165) is 37.4 Å². The van der Waals surface area contributed by atoms with Crippen molar-refractivity contribution in [3.63, 3.8) is 0 Å². The summed E-state index contributed by atoms with van der Waals surface area (Å²) in [6.07, 6.45) is 3.41. The molecule has 0 unspecified atom stereocenters. The molecule has 4 N–H and O–H groups in total. The molecule has 3 aromatic rings. The van der Waals surface area contributed by atoms with E-state index < -0.39 is 17.7 Å². The minimum atomic E-state index is -0.822. The van der Waals surface area contributed by atoms with E-state index in [1.807, 2.05) is 18.2 Å². The lowest BCUT2D eigenvalue weighted by Crippen LogP contribution is -2.43. The number of nitrogens with zero attached hydrogens (tertiary/aromatic N) is 2. The number of anilines is 1. The Labute approximate surface area is 215 Å². The molecule has 2 heterocycles. The summed E-state index contributed by atoms with van der Waals surface area (Å²) in [4.78, 5) is 6.66. The molecule has 0 radical (unpaired) electrons. The lowest BCUT2D eigenvalue weighted by atomic mass is 9.74. The van der Waals surface area contributed by atoms with Crippen LogP contribution in [0.5, 0.6) is 5.75 Å². The number of hydrogen-bond acceptors (Lipinski definition) is 7. The van der Waals surface area contributed by atoms with Gasteiger partial charge in [0.25, 0.3) is 0 Å². The smallest absolute Gasteiger partial charge is 0.128 e. The number of rotatable bonds is 11. The Bertz CT molecular complexity index is 1180. The average Bonchev–Trinajstić information content (AvgIpc) is 2.91. The predicted molar refractivity (Wildman–Crippen MR) is 138 cm³/mol. The first-order valence-corrected chi connectivity index (χ1v) is 12.6. The van der Waals surface area contributed by atoms with E-state index in [1.165, 1.54) is 12.1 Å². The molecule has 0 amide bonds. The molecule has 200 valence electrons. The summed E-state index contributed by atoms with van der Waals surface area (Å²) in [5.41, 5.74) is 2.06. The van der Waals surface area contributed by atoms with Gasteiger partial charge in [-0.3, -0.25) is 4.98 Å². The molecule has 0 aliphatic carbocycles. The molecule has 37 heavy (non-hydrogen) atoms. The second-order valence-corrected chi connectivity index (χ2v) is 9.88. The summed E-state index contributed by atoms with van der Waals surface area (Å²) < 4.78 is 32.1. The molecular weight excluding hydrogens is 480 g/mol. The number of methoxy groups -OCH3 is 1. The van der Waals surface area contributed by atoms with Gasteiger partial charge < -0.3 is 30.3 Å². The standard InChI is InChI=1S/C28H35F2N3O4/c1-37-23-2-3-25-24(15-23)27(19(17-34)16-32-25)26(36)4-5-28(18-35)6-9-33(10-7-28)11-8-31-22-13-20(29)12-21(30)14-22/h2-3,12-16,26,31,34-36H,4-11,17-18H2,1H3/t26-/m0/s1. The zero-order valence-electron chi connectivity index (χ0n) is 21.1. The summed E-state index contributed by atoms with van der Waals surface area (Å²) in [5, 5.41) is 35.2. The number of fused-ring (bicyclic) bond motifs is 1. The quantitative estimate of drug-likeness (QED) is 0.306. The van der Waals surface area contributed by atoms with Gasteiger partial charge in [0, 0.05) is 48.6 Å². The van der Waals surface area contributed by atoms with E-state index in [4.69, 9.17) is 4.74 Å². The lowest BCUT2D eigenvalue weighted by Gasteiger charge is -2.41. The molecule has 1 saturated heterocycles. The summed E-state index contributed by atoms with van der Waals surface area (Å²) in [7, 11) is 1.58. The molecule has 1 aliphatic rings. The van der Waals surface area contributed by atoms with Gasteiger partial charge in [-0.2, -0.15) is 0 Å². The van der Waals surface area contributed by atoms with Crippen LogP contribution in [0.1, 0.15) is 42.9 Å². The van der Waals surface area contributed by atoms with Crippen LogP contribution in [0, 0.1) is 17.0 Å². The van der Waals surface area contributed by atoms with Gasteiger partial charge >= 0.3 is 0 Å². The van der Waals surface area contributed by atoms with Crippen molar-refractivity contribution in [1.82, 2.24) is 9.88 Å². The second-order valence-electron chi connectivity index (χ2n) is 9.88. The first kappa shape index (κ1) is 27.2. The molecule has 0 bridgehead atoms. The highest BCUT2D eigenvalue weighted by atomic mass is 19.1. The maximum atomic E-state index is 13.4. The number of benzene rings is 2. The Kier molecular flexibility index (Phi) is 8.91. The van der Waals surface area contributed by atoms with Crippen molar-refractivity contribution < 1.29 is 28.8 Å². The number of aliphatic hydroxyl groups is 3. The fraction of sp³-hybridized carbons (Fsp3) is 0.464. The Balaban J connectivity index is 1.35. The van der Waals surface area contributed by atoms with Crippen molar-refractivity contribution in [1.29, 1.82) is 0 Å². The molecule has 4 rings (SSSR count). The number of nitrogens with one attached hydrogen (secondary N) is 1. The third-order valence-corrected chi connectivity index (χ3v) is 7.52. The van der Waals surface area contributed by atoms with E-state index in [0.29, 0.717) is 54.0 Å². The van der Waals surface area contributed by atoms with Crippen LogP contribution in [0.3, 0.4) is 0 Å². The highest BCUT2D eigenvalue weighted by molar-refractivity contribution is 5.85. The fourth-order valence-corrected chi connectivity index (χ4v) is 5.22. The maximum Gasteiger partial charge on any atom is 0.128 e. The van der Waals surface area contributed by atoms with E-state index in [-0.39, 0.29) is 18.6 Å². The maximum absolute atomic E-state index is 13.4. The van der Waals surface area contributed by atoms with Gasteiger partial charge in [0.1, 0.15) is 17.4 Å². The fourth-order valence-electron chi connectivity index (χ4n) is 5.22. The van der Waals surface area contributed by atoms with Gasteiger partial charge in [0.05, 0.1) is 25.3 Å². The number of aromatic nitrogens is 1. The number of pyridine rings is 1. The number of piperidine rings is 1. The van der Waals surface area contributed by atoms with Crippen molar-refractivity contribution in [2.45, 2.75) is 38.4 Å². The average molecular weight is 516 g/mol. The number of aliphatic hydroxyl groups excluding tert-OH is 3. The highest BCUT2D eigenvalue weighted by Crippen LogP contribution is 2.39. The summed E-state index contributed by atoms with van der Waals surface area (Å²) >= 11 is 0. The van der Waals surface area contributed by atoms with Gasteiger partial charge in [0.2, 0.25) is 0 Å². The van der Waals surface area contributed by atoms with Crippen molar-refractivity contribution in [2.75, 3.05) is 45.2 Å². The van der Waals surface area contributed by atoms with Crippen LogP contribution in [0.15, 0.2) is 42.6 Å². The van der Waals surface area contributed by atoms with E-state index >= 15 is 0 Å². The number of halogens is 2. The molecular formula is C28H35F2N3O4. The molecule has 1 fully saturated rings. The first-order valence-electron chi connectivity index (χ1n) is 12.6. The number of ether oxygens (including phenoxy) is 1. The van der Waals surface area contributed by atoms with Crippen LogP contribution >= 0.6 is 0 Å². The molecule has 0 spiro atoms. The van der Waals surface area contributed by atoms with E-state index in [1.54, 1.807) is 13.3 Å². The summed E-state index contributed by atoms with van der Waals surface area (Å²) in [6.45, 7) is 2.64. The molecule has 1 atom stereocenters. The topological polar surface area (TPSA) is 98.1 Å². The van der Waals surface area contributed by atoms with Crippen LogP contribution in [0.25, 0.3) is 10.9 Å². The number of hydrogen-bond donors (Lipinski definition) is 4. The minimum Gasteiger partial charge on any atom is -0.497 e. The van der Waals surface area contributed by atoms with Crippen molar-refractivity contribution >= 4 is 16.6 Å². The van der Waals surface area contributed by atoms with Gasteiger partial charge in [-0.05, 0) is 80.1 Å². The van der Waals surface area contributed by atoms with Crippen LogP contribution in [-0.4, -0.2) is 65.1 Å². The zero-order valence-corrected chi connectivity index (χ0v) is 21.1. The zero-order chi connectivity index (χ0) is 26.4. The van der Waals surface area contributed by atoms with Crippen molar-refractivity contribution in [3.8, 4) is 5.75 Å². The predicted octanol–water partition coefficient (Wildman–Crippen LogP) is 4.01. The Morgan fingerprint density at radius 3 is 2.49 bits per heavy atom. The molecule has 0 saturated carbocycles. The van der Waals surface area contributed by atoms with Crippen LogP contribution in [-0.2, 0) is 6.61 Å².